The van der Waals surface area contributed by atoms with Gasteiger partial charge in [-0.2, -0.15) is 0 Å². The maximum absolute atomic E-state index is 10.7. The number of anilines is 1. The number of hydrogen-bond acceptors (Lipinski definition) is 2. The standard InChI is InChI=1S/C11H15NO2/c1-3-8(2)12-10-6-4-5-9(7-10)11(13)14/h4-8,12H,3H2,1-2H3,(H,13,14)/t8-/m0/s1. The average Bonchev–Trinajstić information content (AvgIpc) is 2.18. The summed E-state index contributed by atoms with van der Waals surface area (Å²) in [5.41, 5.74) is 1.18. The molecule has 0 fully saturated rings. The van der Waals surface area contributed by atoms with Crippen LogP contribution in [-0.2, 0) is 0 Å². The van der Waals surface area contributed by atoms with Gasteiger partial charge in [0.05, 0.1) is 5.56 Å². The van der Waals surface area contributed by atoms with Gasteiger partial charge in [0.1, 0.15) is 0 Å². The van der Waals surface area contributed by atoms with Crippen LogP contribution in [0, 0.1) is 0 Å². The van der Waals surface area contributed by atoms with Crippen LogP contribution < -0.4 is 5.32 Å². The Kier molecular flexibility index (Phi) is 3.51. The molecule has 0 unspecified atom stereocenters. The van der Waals surface area contributed by atoms with Gasteiger partial charge in [0, 0.05) is 11.7 Å². The lowest BCUT2D eigenvalue weighted by molar-refractivity contribution is 0.0697. The van der Waals surface area contributed by atoms with Crippen molar-refractivity contribution < 1.29 is 9.90 Å². The number of aromatic carboxylic acids is 1. The summed E-state index contributed by atoms with van der Waals surface area (Å²) in [4.78, 5) is 10.7. The van der Waals surface area contributed by atoms with Gasteiger partial charge in [-0.25, -0.2) is 4.79 Å². The molecule has 0 aliphatic heterocycles. The van der Waals surface area contributed by atoms with Crippen LogP contribution in [0.2, 0.25) is 0 Å². The van der Waals surface area contributed by atoms with Gasteiger partial charge in [-0.3, -0.25) is 0 Å². The molecule has 0 aliphatic rings. The molecule has 1 atom stereocenters. The summed E-state index contributed by atoms with van der Waals surface area (Å²) in [5.74, 6) is -0.891. The zero-order valence-corrected chi connectivity index (χ0v) is 8.45. The van der Waals surface area contributed by atoms with E-state index in [0.29, 0.717) is 11.6 Å². The minimum atomic E-state index is -0.891. The van der Waals surface area contributed by atoms with E-state index in [9.17, 15) is 4.79 Å². The highest BCUT2D eigenvalue weighted by molar-refractivity contribution is 5.88. The van der Waals surface area contributed by atoms with Crippen molar-refractivity contribution in [2.75, 3.05) is 5.32 Å². The minimum absolute atomic E-state index is 0.318. The first-order chi connectivity index (χ1) is 6.63. The lowest BCUT2D eigenvalue weighted by Crippen LogP contribution is -2.13. The fraction of sp³-hybridized carbons (Fsp3) is 0.364. The second kappa shape index (κ2) is 4.65. The van der Waals surface area contributed by atoms with Gasteiger partial charge in [-0.15, -0.1) is 0 Å². The normalized spacial score (nSPS) is 12.1. The molecule has 1 aromatic rings. The Balaban J connectivity index is 2.78. The Bertz CT molecular complexity index is 323. The van der Waals surface area contributed by atoms with Crippen molar-refractivity contribution in [3.63, 3.8) is 0 Å². The highest BCUT2D eigenvalue weighted by Gasteiger charge is 2.04. The molecule has 0 radical (unpaired) electrons. The Hall–Kier alpha value is -1.51. The van der Waals surface area contributed by atoms with Crippen LogP contribution in [0.25, 0.3) is 0 Å². The molecule has 0 spiro atoms. The summed E-state index contributed by atoms with van der Waals surface area (Å²) >= 11 is 0. The largest absolute Gasteiger partial charge is 0.478 e. The Morgan fingerprint density at radius 2 is 2.29 bits per heavy atom. The third-order valence-electron chi connectivity index (χ3n) is 2.13. The minimum Gasteiger partial charge on any atom is -0.478 e. The number of rotatable bonds is 4. The quantitative estimate of drug-likeness (QED) is 0.772. The second-order valence-corrected chi connectivity index (χ2v) is 3.34. The van der Waals surface area contributed by atoms with Crippen molar-refractivity contribution in [1.82, 2.24) is 0 Å². The van der Waals surface area contributed by atoms with E-state index in [-0.39, 0.29) is 0 Å². The molecule has 3 nitrogen and oxygen atoms in total. The fourth-order valence-corrected chi connectivity index (χ4v) is 1.13. The number of benzene rings is 1. The zero-order valence-electron chi connectivity index (χ0n) is 8.45. The molecule has 14 heavy (non-hydrogen) atoms. The highest BCUT2D eigenvalue weighted by Crippen LogP contribution is 2.12. The van der Waals surface area contributed by atoms with E-state index in [4.69, 9.17) is 5.11 Å². The molecule has 0 saturated heterocycles. The van der Waals surface area contributed by atoms with Gasteiger partial charge in [-0.05, 0) is 31.5 Å². The molecule has 1 aromatic carbocycles. The molecule has 1 rings (SSSR count). The number of hydrogen-bond donors (Lipinski definition) is 2. The van der Waals surface area contributed by atoms with E-state index in [0.717, 1.165) is 12.1 Å². The first-order valence-corrected chi connectivity index (χ1v) is 4.73. The first kappa shape index (κ1) is 10.6. The van der Waals surface area contributed by atoms with Crippen LogP contribution in [0.3, 0.4) is 0 Å². The van der Waals surface area contributed by atoms with Crippen LogP contribution in [0.5, 0.6) is 0 Å². The maximum Gasteiger partial charge on any atom is 0.335 e. The monoisotopic (exact) mass is 193 g/mol. The van der Waals surface area contributed by atoms with E-state index in [1.54, 1.807) is 18.2 Å². The SMILES string of the molecule is CC[C@H](C)Nc1cccc(C(=O)O)c1. The Morgan fingerprint density at radius 1 is 1.57 bits per heavy atom. The van der Waals surface area contributed by atoms with Crippen LogP contribution in [0.1, 0.15) is 30.6 Å². The number of nitrogens with one attached hydrogen (secondary N) is 1. The van der Waals surface area contributed by atoms with E-state index >= 15 is 0 Å². The van der Waals surface area contributed by atoms with Crippen LogP contribution in [0.15, 0.2) is 24.3 Å². The predicted octanol–water partition coefficient (Wildman–Crippen LogP) is 2.60. The molecule has 3 heteroatoms. The van der Waals surface area contributed by atoms with Crippen LogP contribution in [0.4, 0.5) is 5.69 Å². The van der Waals surface area contributed by atoms with E-state index < -0.39 is 5.97 Å². The number of carbonyl (C=O) groups is 1. The molecule has 0 aromatic heterocycles. The molecule has 76 valence electrons. The number of carboxylic acids is 1. The Labute approximate surface area is 83.8 Å². The third kappa shape index (κ3) is 2.76. The predicted molar refractivity (Wildman–Crippen MR) is 56.8 cm³/mol. The van der Waals surface area contributed by atoms with Crippen LogP contribution in [-0.4, -0.2) is 17.1 Å². The number of carboxylic acid groups (broad SMARTS) is 1. The van der Waals surface area contributed by atoms with Gasteiger partial charge >= 0.3 is 5.97 Å². The van der Waals surface area contributed by atoms with Gasteiger partial charge < -0.3 is 10.4 Å². The third-order valence-corrected chi connectivity index (χ3v) is 2.13. The summed E-state index contributed by atoms with van der Waals surface area (Å²) < 4.78 is 0. The molecular weight excluding hydrogens is 178 g/mol. The summed E-state index contributed by atoms with van der Waals surface area (Å²) in [7, 11) is 0. The van der Waals surface area contributed by atoms with Crippen molar-refractivity contribution >= 4 is 11.7 Å². The van der Waals surface area contributed by atoms with Crippen molar-refractivity contribution in [1.29, 1.82) is 0 Å². The molecule has 0 bridgehead atoms. The molecule has 0 saturated carbocycles. The summed E-state index contributed by atoms with van der Waals surface area (Å²) in [6.07, 6.45) is 1.01. The van der Waals surface area contributed by atoms with Crippen molar-refractivity contribution in [2.45, 2.75) is 26.3 Å². The smallest absolute Gasteiger partial charge is 0.335 e. The van der Waals surface area contributed by atoms with Gasteiger partial charge in [0.15, 0.2) is 0 Å². The van der Waals surface area contributed by atoms with E-state index in [1.165, 1.54) is 0 Å². The molecule has 0 heterocycles. The van der Waals surface area contributed by atoms with Crippen molar-refractivity contribution in [2.24, 2.45) is 0 Å². The lowest BCUT2D eigenvalue weighted by atomic mass is 10.2. The van der Waals surface area contributed by atoms with Gasteiger partial charge in [-0.1, -0.05) is 13.0 Å². The lowest BCUT2D eigenvalue weighted by Gasteiger charge is -2.12. The van der Waals surface area contributed by atoms with Crippen molar-refractivity contribution in [3.05, 3.63) is 29.8 Å². The van der Waals surface area contributed by atoms with Crippen molar-refractivity contribution in [3.8, 4) is 0 Å². The highest BCUT2D eigenvalue weighted by atomic mass is 16.4. The molecule has 0 amide bonds. The first-order valence-electron chi connectivity index (χ1n) is 4.73. The topological polar surface area (TPSA) is 49.3 Å². The fourth-order valence-electron chi connectivity index (χ4n) is 1.13. The summed E-state index contributed by atoms with van der Waals surface area (Å²) in [6.45, 7) is 4.14. The zero-order chi connectivity index (χ0) is 10.6. The van der Waals surface area contributed by atoms with Gasteiger partial charge in [0.25, 0.3) is 0 Å². The van der Waals surface area contributed by atoms with E-state index in [2.05, 4.69) is 19.2 Å². The second-order valence-electron chi connectivity index (χ2n) is 3.34. The average molecular weight is 193 g/mol. The van der Waals surface area contributed by atoms with Crippen LogP contribution >= 0.6 is 0 Å². The molecular formula is C11H15NO2. The van der Waals surface area contributed by atoms with Gasteiger partial charge in [0.2, 0.25) is 0 Å². The molecule has 2 N–H and O–H groups in total. The molecule has 0 aliphatic carbocycles. The Morgan fingerprint density at radius 3 is 2.86 bits per heavy atom. The summed E-state index contributed by atoms with van der Waals surface area (Å²) in [6, 6.07) is 7.21. The van der Waals surface area contributed by atoms with E-state index in [1.807, 2.05) is 6.07 Å². The maximum atomic E-state index is 10.7. The summed E-state index contributed by atoms with van der Waals surface area (Å²) in [5, 5.41) is 12.0.